The predicted molar refractivity (Wildman–Crippen MR) is 44.1 cm³/mol. The van der Waals surface area contributed by atoms with Gasteiger partial charge >= 0.3 is 11.9 Å². The lowest BCUT2D eigenvalue weighted by Crippen LogP contribution is -2.20. The third-order valence-electron chi connectivity index (χ3n) is 1.38. The molecule has 0 rings (SSSR count). The number of rotatable bonds is 5. The Bertz CT molecular complexity index is 187. The van der Waals surface area contributed by atoms with Crippen LogP contribution in [0, 0.1) is 5.92 Å². The second-order valence-corrected chi connectivity index (χ2v) is 2.98. The first-order valence-corrected chi connectivity index (χ1v) is 4.00. The Morgan fingerprint density at radius 1 is 1.38 bits per heavy atom. The molecule has 2 atom stereocenters. The first-order chi connectivity index (χ1) is 5.93. The molecule has 0 aliphatic rings. The molecule has 76 valence electrons. The van der Waals surface area contributed by atoms with E-state index in [1.807, 2.05) is 0 Å². The molecular weight excluding hydrogens is 176 g/mol. The molecule has 0 aliphatic heterocycles. The Balaban J connectivity index is 3.68. The Kier molecular flexibility index (Phi) is 5.06. The molecule has 2 unspecified atom stereocenters. The van der Waals surface area contributed by atoms with Crippen LogP contribution in [0.1, 0.15) is 20.3 Å². The van der Waals surface area contributed by atoms with Crippen molar-refractivity contribution in [2.45, 2.75) is 26.4 Å². The third kappa shape index (κ3) is 6.10. The molecular formula is C8H14O5. The van der Waals surface area contributed by atoms with Crippen molar-refractivity contribution in [3.8, 4) is 0 Å². The summed E-state index contributed by atoms with van der Waals surface area (Å²) in [6.45, 7) is 2.81. The van der Waals surface area contributed by atoms with Gasteiger partial charge in [0.05, 0.1) is 18.4 Å². The van der Waals surface area contributed by atoms with Crippen LogP contribution in [-0.2, 0) is 14.3 Å². The lowest BCUT2D eigenvalue weighted by molar-refractivity contribution is -0.152. The van der Waals surface area contributed by atoms with Crippen LogP contribution in [0.3, 0.4) is 0 Å². The van der Waals surface area contributed by atoms with Crippen LogP contribution in [-0.4, -0.2) is 34.9 Å². The minimum atomic E-state index is -1.03. The molecule has 5 nitrogen and oxygen atoms in total. The molecule has 0 aromatic rings. The third-order valence-corrected chi connectivity index (χ3v) is 1.38. The van der Waals surface area contributed by atoms with E-state index < -0.39 is 24.0 Å². The summed E-state index contributed by atoms with van der Waals surface area (Å²) < 4.78 is 4.57. The summed E-state index contributed by atoms with van der Waals surface area (Å²) in [5.74, 6) is -2.38. The number of aliphatic hydroxyl groups excluding tert-OH is 1. The van der Waals surface area contributed by atoms with E-state index >= 15 is 0 Å². The summed E-state index contributed by atoms with van der Waals surface area (Å²) >= 11 is 0. The average molecular weight is 190 g/mol. The van der Waals surface area contributed by atoms with Crippen molar-refractivity contribution >= 4 is 11.9 Å². The molecule has 0 heterocycles. The zero-order valence-electron chi connectivity index (χ0n) is 7.69. The second-order valence-electron chi connectivity index (χ2n) is 2.98. The summed E-state index contributed by atoms with van der Waals surface area (Å²) in [6.07, 6.45) is -0.883. The lowest BCUT2D eigenvalue weighted by Gasteiger charge is -2.08. The standard InChI is InChI=1S/C8H14O5/c1-5(8(11)12)3-7(10)13-4-6(2)9/h5-6,9H,3-4H2,1-2H3,(H,11,12). The van der Waals surface area contributed by atoms with Crippen LogP contribution in [0.4, 0.5) is 0 Å². The zero-order chi connectivity index (χ0) is 10.4. The SMILES string of the molecule is CC(O)COC(=O)CC(C)C(=O)O. The normalized spacial score (nSPS) is 14.7. The molecule has 13 heavy (non-hydrogen) atoms. The second kappa shape index (κ2) is 5.53. The first-order valence-electron chi connectivity index (χ1n) is 4.00. The Labute approximate surface area is 76.3 Å². The fourth-order valence-corrected chi connectivity index (χ4v) is 0.610. The number of esters is 1. The van der Waals surface area contributed by atoms with Crippen molar-refractivity contribution in [1.82, 2.24) is 0 Å². The first kappa shape index (κ1) is 11.9. The largest absolute Gasteiger partial charge is 0.481 e. The number of carbonyl (C=O) groups is 2. The molecule has 0 saturated carbocycles. The van der Waals surface area contributed by atoms with Gasteiger partial charge in [0.15, 0.2) is 0 Å². The highest BCUT2D eigenvalue weighted by Crippen LogP contribution is 2.03. The van der Waals surface area contributed by atoms with Crippen LogP contribution in [0.15, 0.2) is 0 Å². The van der Waals surface area contributed by atoms with E-state index in [0.29, 0.717) is 0 Å². The maximum atomic E-state index is 10.9. The van der Waals surface area contributed by atoms with E-state index in [1.54, 1.807) is 0 Å². The topological polar surface area (TPSA) is 83.8 Å². The summed E-state index contributed by atoms with van der Waals surface area (Å²) in [7, 11) is 0. The highest BCUT2D eigenvalue weighted by atomic mass is 16.5. The van der Waals surface area contributed by atoms with E-state index in [1.165, 1.54) is 13.8 Å². The summed E-state index contributed by atoms with van der Waals surface area (Å²) in [4.78, 5) is 21.2. The number of aliphatic hydroxyl groups is 1. The van der Waals surface area contributed by atoms with Gasteiger partial charge in [-0.05, 0) is 6.92 Å². The van der Waals surface area contributed by atoms with Crippen molar-refractivity contribution in [2.24, 2.45) is 5.92 Å². The van der Waals surface area contributed by atoms with Gasteiger partial charge in [-0.25, -0.2) is 0 Å². The quantitative estimate of drug-likeness (QED) is 0.597. The van der Waals surface area contributed by atoms with Gasteiger partial charge in [-0.3, -0.25) is 9.59 Å². The van der Waals surface area contributed by atoms with Crippen molar-refractivity contribution < 1.29 is 24.5 Å². The zero-order valence-corrected chi connectivity index (χ0v) is 7.69. The van der Waals surface area contributed by atoms with E-state index in [4.69, 9.17) is 10.2 Å². The monoisotopic (exact) mass is 190 g/mol. The molecule has 0 saturated heterocycles. The number of carboxylic acids is 1. The van der Waals surface area contributed by atoms with Crippen LogP contribution < -0.4 is 0 Å². The number of hydrogen-bond donors (Lipinski definition) is 2. The Hall–Kier alpha value is -1.10. The van der Waals surface area contributed by atoms with Gasteiger partial charge in [0.25, 0.3) is 0 Å². The van der Waals surface area contributed by atoms with Gasteiger partial charge in [-0.1, -0.05) is 6.92 Å². The van der Waals surface area contributed by atoms with E-state index in [2.05, 4.69) is 4.74 Å². The molecule has 0 aromatic heterocycles. The number of ether oxygens (including phenoxy) is 1. The van der Waals surface area contributed by atoms with Gasteiger partial charge < -0.3 is 14.9 Å². The summed E-state index contributed by atoms with van der Waals surface area (Å²) in [6, 6.07) is 0. The van der Waals surface area contributed by atoms with Crippen LogP contribution in [0.25, 0.3) is 0 Å². The maximum Gasteiger partial charge on any atom is 0.306 e. The van der Waals surface area contributed by atoms with Crippen molar-refractivity contribution in [3.05, 3.63) is 0 Å². The van der Waals surface area contributed by atoms with E-state index in [-0.39, 0.29) is 13.0 Å². The molecule has 0 aliphatic carbocycles. The molecule has 0 spiro atoms. The number of hydrogen-bond acceptors (Lipinski definition) is 4. The molecule has 0 bridgehead atoms. The summed E-state index contributed by atoms with van der Waals surface area (Å²) in [5.41, 5.74) is 0. The smallest absolute Gasteiger partial charge is 0.306 e. The van der Waals surface area contributed by atoms with Crippen LogP contribution >= 0.6 is 0 Å². The molecule has 0 amide bonds. The van der Waals surface area contributed by atoms with E-state index in [9.17, 15) is 9.59 Å². The fraction of sp³-hybridized carbons (Fsp3) is 0.750. The average Bonchev–Trinajstić information content (AvgIpc) is 2.00. The van der Waals surface area contributed by atoms with Gasteiger partial charge in [0.1, 0.15) is 6.61 Å². The summed E-state index contributed by atoms with van der Waals surface area (Å²) in [5, 5.41) is 17.2. The van der Waals surface area contributed by atoms with Crippen molar-refractivity contribution in [3.63, 3.8) is 0 Å². The molecule has 0 aromatic carbocycles. The maximum absolute atomic E-state index is 10.9. The molecule has 2 N–H and O–H groups in total. The number of aliphatic carboxylic acids is 1. The highest BCUT2D eigenvalue weighted by molar-refractivity contribution is 5.78. The number of carboxylic acid groups (broad SMARTS) is 1. The molecule has 0 fully saturated rings. The number of carbonyl (C=O) groups excluding carboxylic acids is 1. The van der Waals surface area contributed by atoms with Crippen LogP contribution in [0.2, 0.25) is 0 Å². The van der Waals surface area contributed by atoms with Crippen molar-refractivity contribution in [2.75, 3.05) is 6.61 Å². The Morgan fingerprint density at radius 3 is 2.31 bits per heavy atom. The minimum absolute atomic E-state index is 0.0921. The van der Waals surface area contributed by atoms with E-state index in [0.717, 1.165) is 0 Å². The van der Waals surface area contributed by atoms with Crippen molar-refractivity contribution in [1.29, 1.82) is 0 Å². The van der Waals surface area contributed by atoms with Gasteiger partial charge in [0, 0.05) is 0 Å². The minimum Gasteiger partial charge on any atom is -0.481 e. The molecule has 0 radical (unpaired) electrons. The molecule has 5 heteroatoms. The van der Waals surface area contributed by atoms with Crippen LogP contribution in [0.5, 0.6) is 0 Å². The Morgan fingerprint density at radius 2 is 1.92 bits per heavy atom. The highest BCUT2D eigenvalue weighted by Gasteiger charge is 2.16. The predicted octanol–water partition coefficient (Wildman–Crippen LogP) is 0.0212. The lowest BCUT2D eigenvalue weighted by atomic mass is 10.1. The fourth-order valence-electron chi connectivity index (χ4n) is 0.610. The van der Waals surface area contributed by atoms with Gasteiger partial charge in [0.2, 0.25) is 0 Å². The van der Waals surface area contributed by atoms with Gasteiger partial charge in [-0.2, -0.15) is 0 Å². The van der Waals surface area contributed by atoms with Gasteiger partial charge in [-0.15, -0.1) is 0 Å².